The number of aliphatic hydroxyl groups is 1. The number of anilines is 1. The summed E-state index contributed by atoms with van der Waals surface area (Å²) < 4.78 is 11.2. The van der Waals surface area contributed by atoms with Gasteiger partial charge in [-0.1, -0.05) is 45.0 Å². The number of hydrogen-bond acceptors (Lipinski definition) is 5. The van der Waals surface area contributed by atoms with Gasteiger partial charge in [-0.05, 0) is 46.4 Å². The van der Waals surface area contributed by atoms with Crippen molar-refractivity contribution in [3.05, 3.63) is 83.7 Å². The Bertz CT molecular complexity index is 1050. The lowest BCUT2D eigenvalue weighted by Gasteiger charge is -2.20. The molecule has 3 N–H and O–H groups in total. The van der Waals surface area contributed by atoms with E-state index >= 15 is 0 Å². The van der Waals surface area contributed by atoms with E-state index in [2.05, 4.69) is 36.4 Å². The van der Waals surface area contributed by atoms with Crippen LogP contribution >= 0.6 is 0 Å². The number of benzene rings is 2. The van der Waals surface area contributed by atoms with Gasteiger partial charge in [-0.25, -0.2) is 4.79 Å². The van der Waals surface area contributed by atoms with Gasteiger partial charge >= 0.3 is 6.03 Å². The third-order valence-electron chi connectivity index (χ3n) is 5.18. The third-order valence-corrected chi connectivity index (χ3v) is 5.18. The van der Waals surface area contributed by atoms with Crippen molar-refractivity contribution in [2.24, 2.45) is 0 Å². The fourth-order valence-corrected chi connectivity index (χ4v) is 3.20. The molecule has 1 heterocycles. The predicted octanol–water partition coefficient (Wildman–Crippen LogP) is 4.82. The number of carbonyl (C=O) groups is 1. The van der Waals surface area contributed by atoms with Crippen LogP contribution in [-0.2, 0) is 12.0 Å². The SMILES string of the molecule is COc1ccc(NC(=O)NCC(O)c2ccc(C(C)(C)C)cc2)cc1OCc1ccncc1. The van der Waals surface area contributed by atoms with Crippen molar-refractivity contribution in [2.45, 2.75) is 38.9 Å². The Hall–Kier alpha value is -3.58. The van der Waals surface area contributed by atoms with Crippen LogP contribution in [0.15, 0.2) is 67.0 Å². The zero-order chi connectivity index (χ0) is 23.8. The number of hydrogen-bond donors (Lipinski definition) is 3. The van der Waals surface area contributed by atoms with Crippen LogP contribution < -0.4 is 20.1 Å². The van der Waals surface area contributed by atoms with Gasteiger partial charge in [-0.2, -0.15) is 0 Å². The zero-order valence-corrected chi connectivity index (χ0v) is 19.5. The van der Waals surface area contributed by atoms with E-state index in [1.54, 1.807) is 37.7 Å². The molecule has 0 aliphatic heterocycles. The number of carbonyl (C=O) groups excluding carboxylic acids is 1. The molecule has 0 aliphatic rings. The number of methoxy groups -OCH3 is 1. The van der Waals surface area contributed by atoms with Crippen molar-refractivity contribution >= 4 is 11.7 Å². The fourth-order valence-electron chi connectivity index (χ4n) is 3.20. The van der Waals surface area contributed by atoms with Crippen molar-refractivity contribution in [2.75, 3.05) is 19.0 Å². The van der Waals surface area contributed by atoms with E-state index in [-0.39, 0.29) is 12.0 Å². The maximum Gasteiger partial charge on any atom is 0.319 e. The summed E-state index contributed by atoms with van der Waals surface area (Å²) in [7, 11) is 1.56. The van der Waals surface area contributed by atoms with Gasteiger partial charge in [-0.3, -0.25) is 4.98 Å². The van der Waals surface area contributed by atoms with E-state index in [0.29, 0.717) is 23.8 Å². The molecule has 174 valence electrons. The number of nitrogens with one attached hydrogen (secondary N) is 2. The highest BCUT2D eigenvalue weighted by Gasteiger charge is 2.15. The molecule has 33 heavy (non-hydrogen) atoms. The Kier molecular flexibility index (Phi) is 7.90. The Morgan fingerprint density at radius 1 is 1.03 bits per heavy atom. The number of pyridine rings is 1. The molecule has 0 saturated heterocycles. The van der Waals surface area contributed by atoms with Gasteiger partial charge < -0.3 is 25.2 Å². The van der Waals surface area contributed by atoms with Crippen molar-refractivity contribution in [1.82, 2.24) is 10.3 Å². The zero-order valence-electron chi connectivity index (χ0n) is 19.5. The number of rotatable bonds is 8. The molecule has 3 rings (SSSR count). The standard InChI is InChI=1S/C26H31N3O4/c1-26(2,3)20-7-5-19(6-8-20)22(30)16-28-25(31)29-21-9-10-23(32-4)24(15-21)33-17-18-11-13-27-14-12-18/h5-15,22,30H,16-17H2,1-4H3,(H2,28,29,31). The molecule has 1 unspecified atom stereocenters. The van der Waals surface area contributed by atoms with E-state index < -0.39 is 12.1 Å². The number of aliphatic hydroxyl groups excluding tert-OH is 1. The Balaban J connectivity index is 1.56. The van der Waals surface area contributed by atoms with Crippen LogP contribution in [-0.4, -0.2) is 29.8 Å². The summed E-state index contributed by atoms with van der Waals surface area (Å²) in [5.41, 5.74) is 3.49. The first-order valence-electron chi connectivity index (χ1n) is 10.8. The first-order valence-corrected chi connectivity index (χ1v) is 10.8. The summed E-state index contributed by atoms with van der Waals surface area (Å²) in [4.78, 5) is 16.4. The van der Waals surface area contributed by atoms with Crippen molar-refractivity contribution in [3.63, 3.8) is 0 Å². The molecule has 7 nitrogen and oxygen atoms in total. The summed E-state index contributed by atoms with van der Waals surface area (Å²) in [5.74, 6) is 1.07. The van der Waals surface area contributed by atoms with Crippen LogP contribution in [0.4, 0.5) is 10.5 Å². The predicted molar refractivity (Wildman–Crippen MR) is 129 cm³/mol. The third kappa shape index (κ3) is 6.95. The first kappa shape index (κ1) is 24.1. The molecule has 2 amide bonds. The molecule has 0 aliphatic carbocycles. The number of urea groups is 1. The lowest BCUT2D eigenvalue weighted by Crippen LogP contribution is -2.32. The van der Waals surface area contributed by atoms with E-state index in [4.69, 9.17) is 9.47 Å². The minimum atomic E-state index is -0.806. The van der Waals surface area contributed by atoms with Crippen LogP contribution in [0.25, 0.3) is 0 Å². The van der Waals surface area contributed by atoms with Gasteiger partial charge in [0.15, 0.2) is 11.5 Å². The number of aromatic nitrogens is 1. The van der Waals surface area contributed by atoms with Crippen LogP contribution in [0.3, 0.4) is 0 Å². The van der Waals surface area contributed by atoms with Crippen LogP contribution in [0.1, 0.15) is 43.6 Å². The molecule has 2 aromatic carbocycles. The van der Waals surface area contributed by atoms with Crippen LogP contribution in [0.5, 0.6) is 11.5 Å². The molecule has 0 radical (unpaired) electrons. The summed E-state index contributed by atoms with van der Waals surface area (Å²) in [5, 5.41) is 15.9. The first-order chi connectivity index (χ1) is 15.8. The molecule has 0 saturated carbocycles. The highest BCUT2D eigenvalue weighted by Crippen LogP contribution is 2.31. The van der Waals surface area contributed by atoms with Gasteiger partial charge in [0.05, 0.1) is 13.2 Å². The second-order valence-corrected chi connectivity index (χ2v) is 8.73. The number of nitrogens with zero attached hydrogens (tertiary/aromatic N) is 1. The molecule has 1 aromatic heterocycles. The normalized spacial score (nSPS) is 12.0. The summed E-state index contributed by atoms with van der Waals surface area (Å²) in [6, 6.07) is 16.2. The van der Waals surface area contributed by atoms with E-state index in [9.17, 15) is 9.90 Å². The topological polar surface area (TPSA) is 92.7 Å². The molecule has 3 aromatic rings. The van der Waals surface area contributed by atoms with Gasteiger partial charge in [0.25, 0.3) is 0 Å². The molecule has 0 spiro atoms. The van der Waals surface area contributed by atoms with Gasteiger partial charge in [-0.15, -0.1) is 0 Å². The number of amides is 2. The molecule has 0 bridgehead atoms. The minimum Gasteiger partial charge on any atom is -0.493 e. The quantitative estimate of drug-likeness (QED) is 0.458. The Morgan fingerprint density at radius 3 is 2.36 bits per heavy atom. The maximum absolute atomic E-state index is 12.4. The number of ether oxygens (including phenoxy) is 2. The summed E-state index contributed by atoms with van der Waals surface area (Å²) >= 11 is 0. The Labute approximate surface area is 194 Å². The largest absolute Gasteiger partial charge is 0.493 e. The second-order valence-electron chi connectivity index (χ2n) is 8.73. The highest BCUT2D eigenvalue weighted by atomic mass is 16.5. The average Bonchev–Trinajstić information content (AvgIpc) is 2.81. The minimum absolute atomic E-state index is 0.0425. The highest BCUT2D eigenvalue weighted by molar-refractivity contribution is 5.89. The second kappa shape index (κ2) is 10.8. The summed E-state index contributed by atoms with van der Waals surface area (Å²) in [6.45, 7) is 6.84. The van der Waals surface area contributed by atoms with E-state index in [1.165, 1.54) is 5.56 Å². The van der Waals surface area contributed by atoms with Crippen molar-refractivity contribution < 1.29 is 19.4 Å². The molecule has 7 heteroatoms. The average molecular weight is 450 g/mol. The molecular formula is C26H31N3O4. The smallest absolute Gasteiger partial charge is 0.319 e. The Morgan fingerprint density at radius 2 is 1.73 bits per heavy atom. The van der Waals surface area contributed by atoms with Crippen LogP contribution in [0.2, 0.25) is 0 Å². The molecule has 1 atom stereocenters. The monoisotopic (exact) mass is 449 g/mol. The fraction of sp³-hybridized carbons (Fsp3) is 0.308. The van der Waals surface area contributed by atoms with E-state index in [1.807, 2.05) is 36.4 Å². The van der Waals surface area contributed by atoms with Crippen molar-refractivity contribution in [1.29, 1.82) is 0 Å². The van der Waals surface area contributed by atoms with Gasteiger partial charge in [0.2, 0.25) is 0 Å². The van der Waals surface area contributed by atoms with Gasteiger partial charge in [0.1, 0.15) is 6.61 Å². The lowest BCUT2D eigenvalue weighted by atomic mass is 9.86. The molecular weight excluding hydrogens is 418 g/mol. The van der Waals surface area contributed by atoms with Crippen molar-refractivity contribution in [3.8, 4) is 11.5 Å². The molecule has 0 fully saturated rings. The summed E-state index contributed by atoms with van der Waals surface area (Å²) in [6.07, 6.45) is 2.59. The van der Waals surface area contributed by atoms with Crippen LogP contribution in [0, 0.1) is 0 Å². The van der Waals surface area contributed by atoms with E-state index in [0.717, 1.165) is 11.1 Å². The lowest BCUT2D eigenvalue weighted by molar-refractivity contribution is 0.175. The maximum atomic E-state index is 12.4. The van der Waals surface area contributed by atoms with Gasteiger partial charge in [0, 0.05) is 30.7 Å².